The summed E-state index contributed by atoms with van der Waals surface area (Å²) >= 11 is 11.3. The fourth-order valence-corrected chi connectivity index (χ4v) is 1.60. The van der Waals surface area contributed by atoms with Gasteiger partial charge in [0.25, 0.3) is 5.56 Å². The molecule has 0 aliphatic rings. The summed E-state index contributed by atoms with van der Waals surface area (Å²) in [6, 6.07) is 7.48. The van der Waals surface area contributed by atoms with Crippen molar-refractivity contribution in [2.75, 3.05) is 0 Å². The maximum atomic E-state index is 11.6. The normalized spacial score (nSPS) is 10.4. The van der Waals surface area contributed by atoms with Gasteiger partial charge in [0.2, 0.25) is 0 Å². The smallest absolute Gasteiger partial charge is 0.297 e. The van der Waals surface area contributed by atoms with Gasteiger partial charge >= 0.3 is 5.69 Å². The van der Waals surface area contributed by atoms with E-state index in [-0.39, 0.29) is 5.15 Å². The number of aromatic nitrogens is 2. The highest BCUT2D eigenvalue weighted by Gasteiger charge is 2.05. The summed E-state index contributed by atoms with van der Waals surface area (Å²) in [7, 11) is 0. The quantitative estimate of drug-likeness (QED) is 0.792. The van der Waals surface area contributed by atoms with E-state index in [1.54, 1.807) is 24.3 Å². The Morgan fingerprint density at radius 1 is 1.06 bits per heavy atom. The van der Waals surface area contributed by atoms with Crippen molar-refractivity contribution in [3.8, 4) is 5.69 Å². The van der Waals surface area contributed by atoms with Crippen LogP contribution in [0.25, 0.3) is 5.69 Å². The van der Waals surface area contributed by atoms with Crippen molar-refractivity contribution in [2.24, 2.45) is 0 Å². The third-order valence-corrected chi connectivity index (χ3v) is 2.44. The Hall–Kier alpha value is -1.52. The van der Waals surface area contributed by atoms with Crippen molar-refractivity contribution < 1.29 is 0 Å². The number of hydrogen-bond acceptors (Lipinski definition) is 2. The molecule has 1 N–H and O–H groups in total. The molecule has 2 aromatic rings. The third kappa shape index (κ3) is 2.03. The number of H-pyrrole nitrogens is 1. The highest BCUT2D eigenvalue weighted by Crippen LogP contribution is 2.10. The molecule has 16 heavy (non-hydrogen) atoms. The summed E-state index contributed by atoms with van der Waals surface area (Å²) in [4.78, 5) is 25.4. The number of benzene rings is 1. The lowest BCUT2D eigenvalue weighted by Gasteiger charge is -2.03. The van der Waals surface area contributed by atoms with Crippen LogP contribution in [0.4, 0.5) is 0 Å². The van der Waals surface area contributed by atoms with Gasteiger partial charge in [-0.3, -0.25) is 9.78 Å². The minimum Gasteiger partial charge on any atom is -0.297 e. The lowest BCUT2D eigenvalue weighted by Crippen LogP contribution is -2.32. The molecule has 6 heteroatoms. The summed E-state index contributed by atoms with van der Waals surface area (Å²) in [6.45, 7) is 0. The van der Waals surface area contributed by atoms with Crippen LogP contribution in [-0.2, 0) is 0 Å². The van der Waals surface area contributed by atoms with Gasteiger partial charge in [-0.15, -0.1) is 0 Å². The Balaban J connectivity index is 2.70. The predicted molar refractivity (Wildman–Crippen MR) is 62.7 cm³/mol. The van der Waals surface area contributed by atoms with E-state index in [0.717, 1.165) is 10.6 Å². The average molecular weight is 257 g/mol. The second-order valence-corrected chi connectivity index (χ2v) is 3.92. The van der Waals surface area contributed by atoms with Crippen LogP contribution in [0, 0.1) is 0 Å². The molecule has 1 aromatic heterocycles. The van der Waals surface area contributed by atoms with Gasteiger partial charge in [-0.05, 0) is 24.3 Å². The zero-order valence-corrected chi connectivity index (χ0v) is 9.42. The number of nitrogens with one attached hydrogen (secondary N) is 1. The standard InChI is InChI=1S/C10H6Cl2N2O2/c11-6-1-3-7(4-2-6)14-9(15)5-8(12)13-10(14)16/h1-5H,(H,13,16). The Kier molecular flexibility index (Phi) is 2.85. The van der Waals surface area contributed by atoms with Crippen molar-refractivity contribution in [1.82, 2.24) is 9.55 Å². The van der Waals surface area contributed by atoms with Gasteiger partial charge in [0.15, 0.2) is 0 Å². The van der Waals surface area contributed by atoms with Crippen molar-refractivity contribution in [2.45, 2.75) is 0 Å². The zero-order chi connectivity index (χ0) is 11.7. The van der Waals surface area contributed by atoms with Gasteiger partial charge in [0.05, 0.1) is 5.69 Å². The first-order valence-corrected chi connectivity index (χ1v) is 5.11. The lowest BCUT2D eigenvalue weighted by atomic mass is 10.3. The molecular weight excluding hydrogens is 251 g/mol. The van der Waals surface area contributed by atoms with Gasteiger partial charge in [0.1, 0.15) is 5.15 Å². The molecular formula is C10H6Cl2N2O2. The van der Waals surface area contributed by atoms with Gasteiger partial charge in [-0.1, -0.05) is 23.2 Å². The molecule has 1 aromatic carbocycles. The minimum absolute atomic E-state index is 0.0141. The molecule has 0 saturated heterocycles. The van der Waals surface area contributed by atoms with Crippen LogP contribution in [0.3, 0.4) is 0 Å². The van der Waals surface area contributed by atoms with Crippen LogP contribution in [0.5, 0.6) is 0 Å². The van der Waals surface area contributed by atoms with Crippen LogP contribution in [0.15, 0.2) is 39.9 Å². The fraction of sp³-hybridized carbons (Fsp3) is 0. The van der Waals surface area contributed by atoms with E-state index in [1.165, 1.54) is 0 Å². The molecule has 0 unspecified atom stereocenters. The maximum absolute atomic E-state index is 11.6. The Bertz CT molecular complexity index is 597. The average Bonchev–Trinajstić information content (AvgIpc) is 2.19. The molecule has 0 spiro atoms. The molecule has 82 valence electrons. The Labute approximate surface area is 100 Å². The van der Waals surface area contributed by atoms with E-state index in [0.29, 0.717) is 10.7 Å². The summed E-state index contributed by atoms with van der Waals surface area (Å²) < 4.78 is 0.974. The van der Waals surface area contributed by atoms with Crippen molar-refractivity contribution >= 4 is 23.2 Å². The zero-order valence-electron chi connectivity index (χ0n) is 7.91. The van der Waals surface area contributed by atoms with Crippen LogP contribution in [-0.4, -0.2) is 9.55 Å². The van der Waals surface area contributed by atoms with Gasteiger partial charge < -0.3 is 0 Å². The monoisotopic (exact) mass is 256 g/mol. The molecule has 0 aliphatic heterocycles. The van der Waals surface area contributed by atoms with Crippen molar-refractivity contribution in [3.63, 3.8) is 0 Å². The molecule has 0 amide bonds. The van der Waals surface area contributed by atoms with E-state index in [1.807, 2.05) is 0 Å². The van der Waals surface area contributed by atoms with Crippen LogP contribution in [0.2, 0.25) is 10.2 Å². The highest BCUT2D eigenvalue weighted by atomic mass is 35.5. The first-order chi connectivity index (χ1) is 7.58. The number of nitrogens with zero attached hydrogens (tertiary/aromatic N) is 1. The van der Waals surface area contributed by atoms with Crippen LogP contribution in [0.1, 0.15) is 0 Å². The van der Waals surface area contributed by atoms with E-state index >= 15 is 0 Å². The SMILES string of the molecule is O=c1cc(Cl)[nH]c(=O)n1-c1ccc(Cl)cc1. The van der Waals surface area contributed by atoms with E-state index in [9.17, 15) is 9.59 Å². The second-order valence-electron chi connectivity index (χ2n) is 3.07. The third-order valence-electron chi connectivity index (χ3n) is 1.98. The number of hydrogen-bond donors (Lipinski definition) is 1. The minimum atomic E-state index is -0.583. The Morgan fingerprint density at radius 3 is 2.25 bits per heavy atom. The molecule has 2 rings (SSSR count). The summed E-state index contributed by atoms with van der Waals surface area (Å²) in [5, 5.41) is 0.544. The van der Waals surface area contributed by atoms with Gasteiger partial charge in [0, 0.05) is 11.1 Å². The van der Waals surface area contributed by atoms with Crippen LogP contribution < -0.4 is 11.2 Å². The molecule has 0 aliphatic carbocycles. The topological polar surface area (TPSA) is 54.9 Å². The lowest BCUT2D eigenvalue weighted by molar-refractivity contribution is 0.876. The molecule has 0 saturated carbocycles. The fourth-order valence-electron chi connectivity index (χ4n) is 1.30. The molecule has 0 atom stereocenters. The van der Waals surface area contributed by atoms with Gasteiger partial charge in [-0.2, -0.15) is 0 Å². The number of aromatic amines is 1. The second kappa shape index (κ2) is 4.15. The molecule has 1 heterocycles. The first-order valence-electron chi connectivity index (χ1n) is 4.36. The summed E-state index contributed by atoms with van der Waals surface area (Å²) in [5.41, 5.74) is -0.636. The maximum Gasteiger partial charge on any atom is 0.334 e. The van der Waals surface area contributed by atoms with Crippen molar-refractivity contribution in [3.05, 3.63) is 61.3 Å². The van der Waals surface area contributed by atoms with Crippen LogP contribution >= 0.6 is 23.2 Å². The van der Waals surface area contributed by atoms with Crippen molar-refractivity contribution in [1.29, 1.82) is 0 Å². The number of rotatable bonds is 1. The summed E-state index contributed by atoms with van der Waals surface area (Å²) in [6.07, 6.45) is 0. The van der Waals surface area contributed by atoms with E-state index < -0.39 is 11.2 Å². The van der Waals surface area contributed by atoms with E-state index in [2.05, 4.69) is 4.98 Å². The first kappa shape index (κ1) is 11.0. The summed E-state index contributed by atoms with van der Waals surface area (Å²) in [5.74, 6) is 0. The van der Waals surface area contributed by atoms with E-state index in [4.69, 9.17) is 23.2 Å². The number of halogens is 2. The largest absolute Gasteiger partial charge is 0.334 e. The van der Waals surface area contributed by atoms with Gasteiger partial charge in [-0.25, -0.2) is 9.36 Å². The molecule has 0 fully saturated rings. The highest BCUT2D eigenvalue weighted by molar-refractivity contribution is 6.30. The Morgan fingerprint density at radius 2 is 1.69 bits per heavy atom. The predicted octanol–water partition coefficient (Wildman–Crippen LogP) is 1.83. The molecule has 0 radical (unpaired) electrons. The molecule has 0 bridgehead atoms. The molecule has 4 nitrogen and oxygen atoms in total.